The number of nitrogens with two attached hydrogens (primary N) is 1. The van der Waals surface area contributed by atoms with E-state index >= 15 is 0 Å². The maximum atomic E-state index is 11.0. The quantitative estimate of drug-likeness (QED) is 0.659. The van der Waals surface area contributed by atoms with E-state index in [1.165, 1.54) is 26.2 Å². The topological polar surface area (TPSA) is 103 Å². The lowest BCUT2D eigenvalue weighted by atomic mass is 10.3. The summed E-state index contributed by atoms with van der Waals surface area (Å²) in [7, 11) is 2.84. The van der Waals surface area contributed by atoms with Crippen LogP contribution in [-0.2, 0) is 0 Å². The molecule has 1 aromatic carbocycles. The van der Waals surface area contributed by atoms with Crippen LogP contribution in [0.25, 0.3) is 0 Å². The number of nitrogens with one attached hydrogen (secondary N) is 2. The fourth-order valence-corrected chi connectivity index (χ4v) is 1.00. The van der Waals surface area contributed by atoms with E-state index in [-0.39, 0.29) is 17.2 Å². The van der Waals surface area contributed by atoms with E-state index in [0.717, 1.165) is 0 Å². The highest BCUT2D eigenvalue weighted by Crippen LogP contribution is 2.31. The van der Waals surface area contributed by atoms with Gasteiger partial charge in [-0.25, -0.2) is 9.59 Å². The Morgan fingerprint density at radius 2 is 1.47 bits per heavy atom. The molecule has 0 aliphatic rings. The summed E-state index contributed by atoms with van der Waals surface area (Å²) in [6.45, 7) is 0. The summed E-state index contributed by atoms with van der Waals surface area (Å²) >= 11 is 0. The van der Waals surface area contributed by atoms with Gasteiger partial charge in [0.15, 0.2) is 11.5 Å². The molecule has 7 heteroatoms. The highest BCUT2D eigenvalue weighted by Gasteiger charge is 2.12. The third-order valence-corrected chi connectivity index (χ3v) is 1.84. The zero-order chi connectivity index (χ0) is 12.8. The van der Waals surface area contributed by atoms with Crippen LogP contribution in [0.3, 0.4) is 0 Å². The molecule has 7 nitrogen and oxygen atoms in total. The number of amides is 2. The predicted molar refractivity (Wildman–Crippen MR) is 61.0 cm³/mol. The molecule has 0 unspecified atom stereocenters. The zero-order valence-electron chi connectivity index (χ0n) is 9.44. The Morgan fingerprint density at radius 3 is 1.82 bits per heavy atom. The Labute approximate surface area is 97.9 Å². The van der Waals surface area contributed by atoms with Crippen LogP contribution in [0.5, 0.6) is 11.5 Å². The van der Waals surface area contributed by atoms with Gasteiger partial charge in [-0.15, -0.1) is 0 Å². The zero-order valence-corrected chi connectivity index (χ0v) is 9.44. The smallest absolute Gasteiger partial charge is 0.408 e. The number of ether oxygens (including phenoxy) is 2. The van der Waals surface area contributed by atoms with Crippen molar-refractivity contribution in [2.45, 2.75) is 0 Å². The second kappa shape index (κ2) is 5.59. The number of anilines is 1. The molecule has 2 amide bonds. The van der Waals surface area contributed by atoms with Gasteiger partial charge in [0, 0.05) is 14.1 Å². The number of para-hydroxylation sites is 1. The molecule has 0 saturated carbocycles. The minimum Gasteiger partial charge on any atom is -0.408 e. The molecule has 17 heavy (non-hydrogen) atoms. The third kappa shape index (κ3) is 3.26. The van der Waals surface area contributed by atoms with Gasteiger partial charge in [0.05, 0.1) is 0 Å². The van der Waals surface area contributed by atoms with Gasteiger partial charge in [-0.3, -0.25) is 0 Å². The lowest BCUT2D eigenvalue weighted by Crippen LogP contribution is -2.24. The van der Waals surface area contributed by atoms with Crippen LogP contribution in [0.15, 0.2) is 18.2 Å². The van der Waals surface area contributed by atoms with E-state index in [4.69, 9.17) is 15.2 Å². The minimum atomic E-state index is -0.659. The molecule has 0 spiro atoms. The lowest BCUT2D eigenvalue weighted by molar-refractivity contribution is 0.202. The summed E-state index contributed by atoms with van der Waals surface area (Å²) in [6, 6.07) is 4.52. The molecule has 0 aromatic heterocycles. The minimum absolute atomic E-state index is 0.0692. The van der Waals surface area contributed by atoms with E-state index < -0.39 is 12.2 Å². The van der Waals surface area contributed by atoms with Crippen molar-refractivity contribution in [2.75, 3.05) is 19.8 Å². The maximum absolute atomic E-state index is 11.0. The van der Waals surface area contributed by atoms with E-state index in [9.17, 15) is 9.59 Å². The number of benzene rings is 1. The first-order chi connectivity index (χ1) is 8.08. The van der Waals surface area contributed by atoms with Gasteiger partial charge in [0.2, 0.25) is 0 Å². The van der Waals surface area contributed by atoms with Crippen LogP contribution in [0, 0.1) is 0 Å². The molecule has 1 aromatic rings. The van der Waals surface area contributed by atoms with Crippen molar-refractivity contribution in [3.05, 3.63) is 18.2 Å². The molecule has 0 radical (unpaired) electrons. The summed E-state index contributed by atoms with van der Waals surface area (Å²) < 4.78 is 9.73. The van der Waals surface area contributed by atoms with E-state index in [0.29, 0.717) is 0 Å². The van der Waals surface area contributed by atoms with Crippen molar-refractivity contribution in [2.24, 2.45) is 0 Å². The molecule has 4 N–H and O–H groups in total. The van der Waals surface area contributed by atoms with Crippen molar-refractivity contribution in [1.29, 1.82) is 0 Å². The fraction of sp³-hybridized carbons (Fsp3) is 0.200. The first kappa shape index (κ1) is 12.6. The van der Waals surface area contributed by atoms with E-state index in [1.54, 1.807) is 6.07 Å². The second-order valence-corrected chi connectivity index (χ2v) is 2.95. The standard InChI is InChI=1S/C10H13N3O4/c1-12-9(14)16-6-4-3-5-7(8(6)11)17-10(15)13-2/h3-5H,11H2,1-2H3,(H,12,14)(H,13,15). The third-order valence-electron chi connectivity index (χ3n) is 1.84. The van der Waals surface area contributed by atoms with Gasteiger partial charge >= 0.3 is 12.2 Å². The lowest BCUT2D eigenvalue weighted by Gasteiger charge is -2.10. The van der Waals surface area contributed by atoms with E-state index in [1.807, 2.05) is 0 Å². The van der Waals surface area contributed by atoms with Crippen LogP contribution in [0.1, 0.15) is 0 Å². The van der Waals surface area contributed by atoms with Gasteiger partial charge in [-0.05, 0) is 12.1 Å². The summed E-state index contributed by atoms with van der Waals surface area (Å²) in [5, 5.41) is 4.55. The van der Waals surface area contributed by atoms with E-state index in [2.05, 4.69) is 10.6 Å². The normalized spacial score (nSPS) is 9.29. The van der Waals surface area contributed by atoms with Crippen molar-refractivity contribution < 1.29 is 19.1 Å². The molecule has 0 aliphatic carbocycles. The summed E-state index contributed by atoms with van der Waals surface area (Å²) in [5.41, 5.74) is 5.75. The maximum Gasteiger partial charge on any atom is 0.412 e. The van der Waals surface area contributed by atoms with Crippen molar-refractivity contribution in [1.82, 2.24) is 10.6 Å². The monoisotopic (exact) mass is 239 g/mol. The Morgan fingerprint density at radius 1 is 1.06 bits per heavy atom. The average molecular weight is 239 g/mol. The molecule has 0 heterocycles. The van der Waals surface area contributed by atoms with Gasteiger partial charge in [0.1, 0.15) is 5.69 Å². The molecule has 1 rings (SSSR count). The molecule has 0 fully saturated rings. The fourth-order valence-electron chi connectivity index (χ4n) is 1.00. The van der Waals surface area contributed by atoms with Crippen LogP contribution in [0.4, 0.5) is 15.3 Å². The molecule has 0 atom stereocenters. The number of carbonyl (C=O) groups excluding carboxylic acids is 2. The largest absolute Gasteiger partial charge is 0.412 e. The number of carbonyl (C=O) groups is 2. The molecule has 0 saturated heterocycles. The predicted octanol–water partition coefficient (Wildman–Crippen LogP) is 0.705. The summed E-state index contributed by atoms with van der Waals surface area (Å²) in [4.78, 5) is 22.0. The SMILES string of the molecule is CNC(=O)Oc1cccc(OC(=O)NC)c1N. The Bertz CT molecular complexity index is 397. The average Bonchev–Trinajstić information content (AvgIpc) is 2.33. The summed E-state index contributed by atoms with van der Waals surface area (Å²) in [5.74, 6) is 0.233. The first-order valence-electron chi connectivity index (χ1n) is 4.76. The van der Waals surface area contributed by atoms with Gasteiger partial charge in [-0.1, -0.05) is 6.07 Å². The molecular weight excluding hydrogens is 226 g/mol. The molecule has 92 valence electrons. The Kier molecular flexibility index (Phi) is 4.15. The van der Waals surface area contributed by atoms with Crippen LogP contribution >= 0.6 is 0 Å². The van der Waals surface area contributed by atoms with Gasteiger partial charge in [0.25, 0.3) is 0 Å². The highest BCUT2D eigenvalue weighted by atomic mass is 16.6. The molecule has 0 bridgehead atoms. The second-order valence-electron chi connectivity index (χ2n) is 2.95. The number of rotatable bonds is 2. The first-order valence-corrected chi connectivity index (χ1v) is 4.76. The molecule has 0 aliphatic heterocycles. The van der Waals surface area contributed by atoms with Crippen molar-refractivity contribution in [3.63, 3.8) is 0 Å². The number of hydrogen-bond acceptors (Lipinski definition) is 5. The van der Waals surface area contributed by atoms with Crippen LogP contribution < -0.4 is 25.8 Å². The van der Waals surface area contributed by atoms with Gasteiger partial charge in [-0.2, -0.15) is 0 Å². The summed E-state index contributed by atoms with van der Waals surface area (Å²) in [6.07, 6.45) is -1.32. The van der Waals surface area contributed by atoms with Crippen LogP contribution in [0.2, 0.25) is 0 Å². The highest BCUT2D eigenvalue weighted by molar-refractivity contribution is 5.77. The van der Waals surface area contributed by atoms with Crippen LogP contribution in [-0.4, -0.2) is 26.3 Å². The number of nitrogen functional groups attached to an aromatic ring is 1. The molecular formula is C10H13N3O4. The number of hydrogen-bond donors (Lipinski definition) is 3. The van der Waals surface area contributed by atoms with Gasteiger partial charge < -0.3 is 25.8 Å². The Balaban J connectivity index is 2.91. The Hall–Kier alpha value is -2.44. The van der Waals surface area contributed by atoms with Crippen molar-refractivity contribution in [3.8, 4) is 11.5 Å². The van der Waals surface area contributed by atoms with Crippen molar-refractivity contribution >= 4 is 17.9 Å².